The fourth-order valence-corrected chi connectivity index (χ4v) is 4.52. The maximum atomic E-state index is 8.56. The van der Waals surface area contributed by atoms with E-state index in [2.05, 4.69) is 36.9 Å². The number of anilines is 1. The lowest BCUT2D eigenvalue weighted by atomic mass is 10.1. The van der Waals surface area contributed by atoms with Crippen LogP contribution >= 0.6 is 55.1 Å². The van der Waals surface area contributed by atoms with Crippen LogP contribution in [0.5, 0.6) is 0 Å². The number of nitrogens with two attached hydrogens (primary N) is 2. The standard InChI is InChI=1S/C14H12BrClN2.C8H6ClN.C6H6BrN.C4H8O.CH4/c1-9-3-2-4-12(16)13(9)14(17)18-11-7-5-10(15)6-8-11;1-6-3-2-4-8(9)7(6)5-10;7-5-1-3-6(8)4-2-5;1-2-4-5-3-1;/h2-8H,1H3,(H2,17,18);2-4H,1H3;1-4H,8H2;1-4H2;1H4. The molecular weight excluding hydrogens is 699 g/mol. The van der Waals surface area contributed by atoms with Gasteiger partial charge in [-0.2, -0.15) is 5.26 Å². The van der Waals surface area contributed by atoms with E-state index in [0.29, 0.717) is 21.4 Å². The number of benzene rings is 4. The molecule has 222 valence electrons. The molecule has 0 amide bonds. The van der Waals surface area contributed by atoms with Crippen LogP contribution in [0, 0.1) is 25.2 Å². The number of nitrogens with zero attached hydrogens (tertiary/aromatic N) is 2. The second kappa shape index (κ2) is 20.1. The third-order valence-corrected chi connectivity index (χ3v) is 7.27. The van der Waals surface area contributed by atoms with E-state index in [1.54, 1.807) is 6.07 Å². The minimum Gasteiger partial charge on any atom is -0.399 e. The summed E-state index contributed by atoms with van der Waals surface area (Å²) in [5.41, 5.74) is 16.3. The fraction of sp³-hybridized carbons (Fsp3) is 0.212. The molecule has 1 aliphatic rings. The predicted molar refractivity (Wildman–Crippen MR) is 187 cm³/mol. The van der Waals surface area contributed by atoms with Crippen molar-refractivity contribution in [1.82, 2.24) is 0 Å². The third-order valence-electron chi connectivity index (χ3n) is 5.59. The second-order valence-electron chi connectivity index (χ2n) is 8.82. The van der Waals surface area contributed by atoms with Crippen LogP contribution in [-0.4, -0.2) is 19.0 Å². The van der Waals surface area contributed by atoms with Gasteiger partial charge in [-0.25, -0.2) is 4.99 Å². The molecule has 0 aromatic heterocycles. The van der Waals surface area contributed by atoms with Crippen LogP contribution in [0.25, 0.3) is 0 Å². The molecule has 5 nitrogen and oxygen atoms in total. The van der Waals surface area contributed by atoms with Crippen LogP contribution in [0.15, 0.2) is 98.9 Å². The van der Waals surface area contributed by atoms with Gasteiger partial charge in [0.25, 0.3) is 0 Å². The maximum absolute atomic E-state index is 8.56. The van der Waals surface area contributed by atoms with Gasteiger partial charge in [0.05, 0.1) is 21.3 Å². The summed E-state index contributed by atoms with van der Waals surface area (Å²) in [7, 11) is 0. The Kier molecular flexibility index (Phi) is 17.8. The number of nitrogen functional groups attached to an aromatic ring is 1. The van der Waals surface area contributed by atoms with Gasteiger partial charge < -0.3 is 16.2 Å². The summed E-state index contributed by atoms with van der Waals surface area (Å²) in [5.74, 6) is 0.431. The Morgan fingerprint density at radius 3 is 1.71 bits per heavy atom. The van der Waals surface area contributed by atoms with E-state index in [-0.39, 0.29) is 7.43 Å². The van der Waals surface area contributed by atoms with Gasteiger partial charge in [0.2, 0.25) is 0 Å². The highest BCUT2D eigenvalue weighted by atomic mass is 79.9. The zero-order valence-electron chi connectivity index (χ0n) is 22.9. The number of aliphatic imine (C=N–C) groups is 1. The number of aryl methyl sites for hydroxylation is 2. The van der Waals surface area contributed by atoms with Crippen molar-refractivity contribution >= 4 is 72.3 Å². The number of ether oxygens (including phenoxy) is 1. The highest BCUT2D eigenvalue weighted by Gasteiger charge is 2.08. The summed E-state index contributed by atoms with van der Waals surface area (Å²) < 4.78 is 7.01. The van der Waals surface area contributed by atoms with Gasteiger partial charge in [-0.3, -0.25) is 0 Å². The lowest BCUT2D eigenvalue weighted by Crippen LogP contribution is -2.15. The molecule has 1 heterocycles. The van der Waals surface area contributed by atoms with E-state index in [1.807, 2.05) is 98.8 Å². The van der Waals surface area contributed by atoms with E-state index in [1.165, 1.54) is 12.8 Å². The van der Waals surface area contributed by atoms with Crippen molar-refractivity contribution in [2.24, 2.45) is 10.7 Å². The molecule has 4 aromatic rings. The molecule has 0 aliphatic carbocycles. The average Bonchev–Trinajstić information content (AvgIpc) is 3.53. The van der Waals surface area contributed by atoms with Crippen molar-refractivity contribution < 1.29 is 4.74 Å². The van der Waals surface area contributed by atoms with E-state index in [4.69, 9.17) is 44.7 Å². The molecular formula is C33H36Br2Cl2N4O. The van der Waals surface area contributed by atoms with Gasteiger partial charge in [0, 0.05) is 33.4 Å². The van der Waals surface area contributed by atoms with Crippen LogP contribution < -0.4 is 11.5 Å². The molecule has 1 fully saturated rings. The lowest BCUT2D eigenvalue weighted by molar-refractivity contribution is 0.198. The molecule has 0 unspecified atom stereocenters. The molecule has 42 heavy (non-hydrogen) atoms. The molecule has 9 heteroatoms. The second-order valence-corrected chi connectivity index (χ2v) is 11.5. The number of halogens is 4. The summed E-state index contributed by atoms with van der Waals surface area (Å²) in [6, 6.07) is 28.3. The molecule has 0 saturated carbocycles. The van der Waals surface area contributed by atoms with Crippen LogP contribution in [-0.2, 0) is 4.74 Å². The molecule has 1 saturated heterocycles. The van der Waals surface area contributed by atoms with Gasteiger partial charge in [0.15, 0.2) is 0 Å². The molecule has 4 N–H and O–H groups in total. The first-order valence-electron chi connectivity index (χ1n) is 12.7. The first-order chi connectivity index (χ1) is 19.6. The van der Waals surface area contributed by atoms with Crippen molar-refractivity contribution in [2.75, 3.05) is 18.9 Å². The number of amidine groups is 1. The molecule has 0 atom stereocenters. The molecule has 0 bridgehead atoms. The van der Waals surface area contributed by atoms with E-state index < -0.39 is 0 Å². The Labute approximate surface area is 276 Å². The summed E-state index contributed by atoms with van der Waals surface area (Å²) in [5, 5.41) is 9.71. The Balaban J connectivity index is 0.000000310. The number of hydrogen-bond donors (Lipinski definition) is 2. The molecule has 0 radical (unpaired) electrons. The Morgan fingerprint density at radius 1 is 0.810 bits per heavy atom. The quantitative estimate of drug-likeness (QED) is 0.122. The Bertz CT molecular complexity index is 1380. The fourth-order valence-electron chi connectivity index (χ4n) is 3.41. The van der Waals surface area contributed by atoms with E-state index >= 15 is 0 Å². The summed E-state index contributed by atoms with van der Waals surface area (Å²) in [4.78, 5) is 4.38. The smallest absolute Gasteiger partial charge is 0.133 e. The van der Waals surface area contributed by atoms with Crippen molar-refractivity contribution in [3.63, 3.8) is 0 Å². The normalized spacial score (nSPS) is 11.7. The predicted octanol–water partition coefficient (Wildman–Crippen LogP) is 10.4. The zero-order chi connectivity index (χ0) is 30.2. The monoisotopic (exact) mass is 732 g/mol. The summed E-state index contributed by atoms with van der Waals surface area (Å²) in [6.45, 7) is 5.83. The summed E-state index contributed by atoms with van der Waals surface area (Å²) in [6.07, 6.45) is 2.56. The van der Waals surface area contributed by atoms with Crippen LogP contribution in [0.1, 0.15) is 42.5 Å². The highest BCUT2D eigenvalue weighted by Crippen LogP contribution is 2.22. The largest absolute Gasteiger partial charge is 0.399 e. The summed E-state index contributed by atoms with van der Waals surface area (Å²) >= 11 is 18.5. The first kappa shape index (κ1) is 37.2. The van der Waals surface area contributed by atoms with Gasteiger partial charge in [-0.05, 0) is 98.5 Å². The van der Waals surface area contributed by atoms with Crippen molar-refractivity contribution in [2.45, 2.75) is 34.1 Å². The number of nitriles is 1. The minimum absolute atomic E-state index is 0. The Hall–Kier alpha value is -2.86. The van der Waals surface area contributed by atoms with Crippen molar-refractivity contribution in [1.29, 1.82) is 5.26 Å². The van der Waals surface area contributed by atoms with Gasteiger partial charge in [-0.1, -0.05) is 86.8 Å². The molecule has 0 spiro atoms. The minimum atomic E-state index is 0. The van der Waals surface area contributed by atoms with E-state index in [9.17, 15) is 0 Å². The van der Waals surface area contributed by atoms with Crippen LogP contribution in [0.4, 0.5) is 11.4 Å². The number of hydrogen-bond acceptors (Lipinski definition) is 4. The van der Waals surface area contributed by atoms with Gasteiger partial charge >= 0.3 is 0 Å². The van der Waals surface area contributed by atoms with Crippen molar-refractivity contribution in [3.8, 4) is 6.07 Å². The molecule has 5 rings (SSSR count). The Morgan fingerprint density at radius 2 is 1.31 bits per heavy atom. The topological polar surface area (TPSA) is 97.4 Å². The maximum Gasteiger partial charge on any atom is 0.133 e. The van der Waals surface area contributed by atoms with Crippen LogP contribution in [0.3, 0.4) is 0 Å². The first-order valence-corrected chi connectivity index (χ1v) is 15.1. The van der Waals surface area contributed by atoms with Crippen LogP contribution in [0.2, 0.25) is 10.0 Å². The molecule has 4 aromatic carbocycles. The molecule has 1 aliphatic heterocycles. The third kappa shape index (κ3) is 13.4. The number of rotatable bonds is 2. The van der Waals surface area contributed by atoms with Gasteiger partial charge in [0.1, 0.15) is 11.9 Å². The average molecular weight is 735 g/mol. The van der Waals surface area contributed by atoms with Crippen molar-refractivity contribution in [3.05, 3.63) is 126 Å². The lowest BCUT2D eigenvalue weighted by Gasteiger charge is -2.07. The van der Waals surface area contributed by atoms with E-state index in [0.717, 1.165) is 50.2 Å². The zero-order valence-corrected chi connectivity index (χ0v) is 27.6. The highest BCUT2D eigenvalue weighted by molar-refractivity contribution is 9.10. The van der Waals surface area contributed by atoms with Gasteiger partial charge in [-0.15, -0.1) is 0 Å². The SMILES string of the molecule is C.C1CCOC1.Cc1cccc(Cl)c1C#N.Cc1cccc(Cl)c1C(N)=Nc1ccc(Br)cc1.Nc1ccc(Br)cc1.